The van der Waals surface area contributed by atoms with Crippen molar-refractivity contribution in [1.82, 2.24) is 19.6 Å². The molecule has 0 spiro atoms. The van der Waals surface area contributed by atoms with Gasteiger partial charge in [-0.05, 0) is 36.0 Å². The molecule has 0 aliphatic carbocycles. The Bertz CT molecular complexity index is 767. The molecule has 100 valence electrons. The van der Waals surface area contributed by atoms with Crippen molar-refractivity contribution in [1.29, 1.82) is 0 Å². The van der Waals surface area contributed by atoms with Crippen molar-refractivity contribution in [3.8, 4) is 0 Å². The molecule has 3 rings (SSSR count). The highest BCUT2D eigenvalue weighted by atomic mass is 32.2. The molecule has 3 heterocycles. The largest absolute Gasteiger partial charge is 0.409 e. The minimum atomic E-state index is 0.0296. The number of pyridine rings is 2. The molecule has 0 aromatic carbocycles. The van der Waals surface area contributed by atoms with Crippen LogP contribution < -0.4 is 5.73 Å². The van der Waals surface area contributed by atoms with Gasteiger partial charge in [-0.1, -0.05) is 11.2 Å². The summed E-state index contributed by atoms with van der Waals surface area (Å²) in [5, 5.41) is 21.2. The number of hydrogen-bond acceptors (Lipinski definition) is 6. The van der Waals surface area contributed by atoms with Crippen LogP contribution in [0.5, 0.6) is 0 Å². The van der Waals surface area contributed by atoms with Crippen LogP contribution in [-0.2, 0) is 0 Å². The van der Waals surface area contributed by atoms with Crippen molar-refractivity contribution in [2.24, 2.45) is 10.9 Å². The number of nitrogens with two attached hydrogens (primary N) is 1. The highest BCUT2D eigenvalue weighted by Gasteiger charge is 2.08. The maximum Gasteiger partial charge on any atom is 0.201 e. The minimum absolute atomic E-state index is 0.0296. The van der Waals surface area contributed by atoms with Crippen molar-refractivity contribution < 1.29 is 5.21 Å². The van der Waals surface area contributed by atoms with Crippen molar-refractivity contribution in [3.05, 3.63) is 48.3 Å². The Morgan fingerprint density at radius 2 is 2.15 bits per heavy atom. The Labute approximate surface area is 118 Å². The Morgan fingerprint density at radius 3 is 2.90 bits per heavy atom. The van der Waals surface area contributed by atoms with Crippen LogP contribution in [-0.4, -0.2) is 30.6 Å². The van der Waals surface area contributed by atoms with E-state index in [2.05, 4.69) is 20.3 Å². The van der Waals surface area contributed by atoms with Gasteiger partial charge in [0.15, 0.2) is 11.5 Å². The molecule has 8 heteroatoms. The highest BCUT2D eigenvalue weighted by molar-refractivity contribution is 7.99. The van der Waals surface area contributed by atoms with Crippen LogP contribution in [0, 0.1) is 0 Å². The summed E-state index contributed by atoms with van der Waals surface area (Å²) in [4.78, 5) is 4.24. The lowest BCUT2D eigenvalue weighted by molar-refractivity contribution is 0.318. The number of rotatable bonds is 3. The number of aromatic nitrogens is 4. The molecule has 0 aliphatic heterocycles. The van der Waals surface area contributed by atoms with Gasteiger partial charge in [0, 0.05) is 18.0 Å². The molecule has 0 saturated carbocycles. The van der Waals surface area contributed by atoms with Crippen LogP contribution in [0.25, 0.3) is 5.65 Å². The zero-order valence-electron chi connectivity index (χ0n) is 10.2. The van der Waals surface area contributed by atoms with Gasteiger partial charge in [0.05, 0.1) is 0 Å². The molecule has 0 amide bonds. The summed E-state index contributed by atoms with van der Waals surface area (Å²) in [6, 6.07) is 9.21. The molecule has 3 aromatic rings. The monoisotopic (exact) mass is 286 g/mol. The van der Waals surface area contributed by atoms with Crippen LogP contribution in [0.3, 0.4) is 0 Å². The lowest BCUT2D eigenvalue weighted by Gasteiger charge is -2.01. The summed E-state index contributed by atoms with van der Waals surface area (Å²) < 4.78 is 1.88. The van der Waals surface area contributed by atoms with Gasteiger partial charge in [-0.2, -0.15) is 0 Å². The summed E-state index contributed by atoms with van der Waals surface area (Å²) in [6.07, 6.45) is 3.43. The average Bonchev–Trinajstić information content (AvgIpc) is 2.91. The predicted molar refractivity (Wildman–Crippen MR) is 73.9 cm³/mol. The molecule has 7 nitrogen and oxygen atoms in total. The highest BCUT2D eigenvalue weighted by Crippen LogP contribution is 2.24. The molecule has 0 unspecified atom stereocenters. The van der Waals surface area contributed by atoms with Crippen LogP contribution in [0.1, 0.15) is 5.56 Å². The Balaban J connectivity index is 1.88. The molecule has 0 saturated heterocycles. The Kier molecular flexibility index (Phi) is 3.21. The molecule has 3 N–H and O–H groups in total. The van der Waals surface area contributed by atoms with E-state index in [1.165, 1.54) is 11.8 Å². The van der Waals surface area contributed by atoms with Crippen molar-refractivity contribution in [3.63, 3.8) is 0 Å². The topological polar surface area (TPSA) is 102 Å². The fourth-order valence-corrected chi connectivity index (χ4v) is 2.40. The molecular formula is C12H10N6OS. The second kappa shape index (κ2) is 5.17. The quantitative estimate of drug-likeness (QED) is 0.326. The van der Waals surface area contributed by atoms with E-state index in [4.69, 9.17) is 10.9 Å². The first-order valence-electron chi connectivity index (χ1n) is 5.69. The van der Waals surface area contributed by atoms with Crippen molar-refractivity contribution in [2.45, 2.75) is 10.2 Å². The smallest absolute Gasteiger partial charge is 0.201 e. The van der Waals surface area contributed by atoms with E-state index in [1.807, 2.05) is 28.8 Å². The van der Waals surface area contributed by atoms with E-state index in [1.54, 1.807) is 18.3 Å². The van der Waals surface area contributed by atoms with E-state index in [-0.39, 0.29) is 5.84 Å². The third-order valence-corrected chi connectivity index (χ3v) is 3.53. The van der Waals surface area contributed by atoms with Gasteiger partial charge >= 0.3 is 0 Å². The molecule has 0 radical (unpaired) electrons. The number of fused-ring (bicyclic) bond motifs is 1. The summed E-state index contributed by atoms with van der Waals surface area (Å²) in [5.74, 6) is 0.0296. The van der Waals surface area contributed by atoms with E-state index in [9.17, 15) is 0 Å². The number of nitrogens with zero attached hydrogens (tertiary/aromatic N) is 5. The van der Waals surface area contributed by atoms with Crippen LogP contribution >= 0.6 is 11.8 Å². The van der Waals surface area contributed by atoms with Crippen molar-refractivity contribution >= 4 is 23.2 Å². The summed E-state index contributed by atoms with van der Waals surface area (Å²) in [5.41, 5.74) is 6.82. The van der Waals surface area contributed by atoms with E-state index in [0.29, 0.717) is 5.56 Å². The second-order valence-electron chi connectivity index (χ2n) is 3.88. The zero-order valence-corrected chi connectivity index (χ0v) is 11.0. The fourth-order valence-electron chi connectivity index (χ4n) is 1.63. The predicted octanol–water partition coefficient (Wildman–Crippen LogP) is 1.37. The first kappa shape index (κ1) is 12.4. The van der Waals surface area contributed by atoms with E-state index in [0.717, 1.165) is 15.8 Å². The van der Waals surface area contributed by atoms with Gasteiger partial charge in [-0.25, -0.2) is 4.98 Å². The van der Waals surface area contributed by atoms with Crippen molar-refractivity contribution in [2.75, 3.05) is 0 Å². The van der Waals surface area contributed by atoms with Crippen LogP contribution in [0.15, 0.2) is 58.1 Å². The SMILES string of the molecule is NC(=NO)c1ccc(Sc2nnc3ccccn23)nc1. The number of amidine groups is 1. The third kappa shape index (κ3) is 2.28. The van der Waals surface area contributed by atoms with E-state index < -0.39 is 0 Å². The molecule has 0 fully saturated rings. The van der Waals surface area contributed by atoms with Gasteiger partial charge in [0.2, 0.25) is 5.16 Å². The lowest BCUT2D eigenvalue weighted by Crippen LogP contribution is -2.13. The Morgan fingerprint density at radius 1 is 1.25 bits per heavy atom. The molecular weight excluding hydrogens is 276 g/mol. The van der Waals surface area contributed by atoms with Crippen LogP contribution in [0.4, 0.5) is 0 Å². The molecule has 0 aliphatic rings. The van der Waals surface area contributed by atoms with Gasteiger partial charge in [0.25, 0.3) is 0 Å². The molecule has 0 bridgehead atoms. The first-order valence-corrected chi connectivity index (χ1v) is 6.51. The number of hydrogen-bond donors (Lipinski definition) is 2. The second-order valence-corrected chi connectivity index (χ2v) is 4.87. The molecule has 3 aromatic heterocycles. The third-order valence-electron chi connectivity index (χ3n) is 2.62. The summed E-state index contributed by atoms with van der Waals surface area (Å²) in [7, 11) is 0. The number of oxime groups is 1. The summed E-state index contributed by atoms with van der Waals surface area (Å²) >= 11 is 1.39. The summed E-state index contributed by atoms with van der Waals surface area (Å²) in [6.45, 7) is 0. The average molecular weight is 286 g/mol. The van der Waals surface area contributed by atoms with Crippen LogP contribution in [0.2, 0.25) is 0 Å². The lowest BCUT2D eigenvalue weighted by atomic mass is 10.3. The standard InChI is InChI=1S/C12H10N6OS/c13-11(17-19)8-4-5-10(14-7-8)20-12-16-15-9-3-1-2-6-18(9)12/h1-7,19H,(H2,13,17). The maximum atomic E-state index is 8.59. The van der Waals surface area contributed by atoms with Gasteiger partial charge < -0.3 is 10.9 Å². The normalized spacial score (nSPS) is 11.9. The van der Waals surface area contributed by atoms with Gasteiger partial charge in [-0.3, -0.25) is 4.40 Å². The zero-order chi connectivity index (χ0) is 13.9. The molecule has 20 heavy (non-hydrogen) atoms. The Hall–Kier alpha value is -2.61. The van der Waals surface area contributed by atoms with Gasteiger partial charge in [-0.15, -0.1) is 10.2 Å². The first-order chi connectivity index (χ1) is 9.78. The fraction of sp³-hybridized carbons (Fsp3) is 0. The maximum absolute atomic E-state index is 8.59. The molecule has 0 atom stereocenters. The van der Waals surface area contributed by atoms with Gasteiger partial charge in [0.1, 0.15) is 5.03 Å². The van der Waals surface area contributed by atoms with E-state index >= 15 is 0 Å². The minimum Gasteiger partial charge on any atom is -0.409 e.